The number of benzene rings is 2. The maximum absolute atomic E-state index is 12.8. The van der Waals surface area contributed by atoms with Gasteiger partial charge in [-0.25, -0.2) is 0 Å². The van der Waals surface area contributed by atoms with Crippen LogP contribution in [0, 0.1) is 5.92 Å². The molecule has 2 rings (SSSR count). The van der Waals surface area contributed by atoms with Gasteiger partial charge in [0.2, 0.25) is 0 Å². The minimum atomic E-state index is -0.614. The molecule has 0 saturated carbocycles. The molecule has 0 aliphatic carbocycles. The number of hydrogen-bond acceptors (Lipinski definition) is 6. The van der Waals surface area contributed by atoms with Crippen molar-refractivity contribution in [2.75, 3.05) is 13.7 Å². The summed E-state index contributed by atoms with van der Waals surface area (Å²) in [5.74, 6) is -0.129. The van der Waals surface area contributed by atoms with E-state index in [-0.39, 0.29) is 36.6 Å². The Morgan fingerprint density at radius 1 is 0.967 bits per heavy atom. The van der Waals surface area contributed by atoms with Crippen molar-refractivity contribution in [1.82, 2.24) is 5.32 Å². The van der Waals surface area contributed by atoms with Crippen LogP contribution >= 0.6 is 0 Å². The third-order valence-corrected chi connectivity index (χ3v) is 4.67. The number of phenolic OH excluding ortho intramolecular Hbond substituents is 1. The Morgan fingerprint density at radius 3 is 2.23 bits per heavy atom. The zero-order valence-corrected chi connectivity index (χ0v) is 17.8. The lowest BCUT2D eigenvalue weighted by Crippen LogP contribution is -2.50. The molecular weight excluding hydrogens is 382 g/mol. The quantitative estimate of drug-likeness (QED) is 0.520. The summed E-state index contributed by atoms with van der Waals surface area (Å²) in [4.78, 5) is 25.5. The van der Waals surface area contributed by atoms with Gasteiger partial charge in [-0.3, -0.25) is 14.9 Å². The van der Waals surface area contributed by atoms with Gasteiger partial charge < -0.3 is 14.6 Å². The summed E-state index contributed by atoms with van der Waals surface area (Å²) in [7, 11) is 1.47. The van der Waals surface area contributed by atoms with Gasteiger partial charge in [0, 0.05) is 7.11 Å². The van der Waals surface area contributed by atoms with Crippen LogP contribution in [0.3, 0.4) is 0 Å². The maximum atomic E-state index is 12.8. The van der Waals surface area contributed by atoms with E-state index in [4.69, 9.17) is 9.47 Å². The summed E-state index contributed by atoms with van der Waals surface area (Å²) in [5, 5.41) is 12.7. The van der Waals surface area contributed by atoms with Crippen molar-refractivity contribution in [3.63, 3.8) is 0 Å². The number of carbonyl (C=O) groups is 2. The molecule has 1 unspecified atom stereocenters. The van der Waals surface area contributed by atoms with E-state index in [1.807, 2.05) is 44.2 Å². The fourth-order valence-electron chi connectivity index (χ4n) is 3.15. The second-order valence-electron chi connectivity index (χ2n) is 7.76. The van der Waals surface area contributed by atoms with Crippen molar-refractivity contribution in [3.05, 3.63) is 65.7 Å². The fourth-order valence-corrected chi connectivity index (χ4v) is 3.15. The first-order valence-electron chi connectivity index (χ1n) is 10.1. The zero-order valence-electron chi connectivity index (χ0n) is 17.8. The molecule has 0 radical (unpaired) electrons. The number of aromatic hydroxyl groups is 1. The van der Waals surface area contributed by atoms with Gasteiger partial charge >= 0.3 is 5.97 Å². The van der Waals surface area contributed by atoms with Gasteiger partial charge in [0.15, 0.2) is 5.78 Å². The average molecular weight is 414 g/mol. The molecular formula is C24H31NO5. The van der Waals surface area contributed by atoms with Gasteiger partial charge in [0.05, 0.1) is 6.04 Å². The highest BCUT2D eigenvalue weighted by Crippen LogP contribution is 2.14. The predicted molar refractivity (Wildman–Crippen MR) is 115 cm³/mol. The van der Waals surface area contributed by atoms with Crippen molar-refractivity contribution in [2.45, 2.75) is 45.4 Å². The first-order valence-corrected chi connectivity index (χ1v) is 10.1. The van der Waals surface area contributed by atoms with Crippen LogP contribution in [0.2, 0.25) is 0 Å². The van der Waals surface area contributed by atoms with Crippen molar-refractivity contribution in [1.29, 1.82) is 0 Å². The second kappa shape index (κ2) is 12.1. The van der Waals surface area contributed by atoms with Crippen LogP contribution in [0.25, 0.3) is 0 Å². The monoisotopic (exact) mass is 413 g/mol. The van der Waals surface area contributed by atoms with Gasteiger partial charge in [0.25, 0.3) is 0 Å². The van der Waals surface area contributed by atoms with Crippen molar-refractivity contribution < 1.29 is 24.2 Å². The summed E-state index contributed by atoms with van der Waals surface area (Å²) in [6.45, 7) is 4.17. The van der Waals surface area contributed by atoms with Crippen LogP contribution in [0.5, 0.6) is 5.75 Å². The van der Waals surface area contributed by atoms with Crippen LogP contribution in [0.4, 0.5) is 0 Å². The number of phenols is 1. The Labute approximate surface area is 178 Å². The summed E-state index contributed by atoms with van der Waals surface area (Å²) in [6, 6.07) is 14.9. The van der Waals surface area contributed by atoms with Crippen molar-refractivity contribution in [3.8, 4) is 5.75 Å². The first kappa shape index (κ1) is 23.6. The Balaban J connectivity index is 2.11. The van der Waals surface area contributed by atoms with Crippen molar-refractivity contribution in [2.24, 2.45) is 5.92 Å². The smallest absolute Gasteiger partial charge is 0.323 e. The molecule has 162 valence electrons. The van der Waals surface area contributed by atoms with E-state index in [0.29, 0.717) is 12.8 Å². The van der Waals surface area contributed by atoms with Crippen LogP contribution in [-0.4, -0.2) is 42.7 Å². The number of carbonyl (C=O) groups excluding carboxylic acids is 2. The number of rotatable bonds is 12. The Hall–Kier alpha value is -2.70. The number of ketones is 1. The molecule has 2 N–H and O–H groups in total. The van der Waals surface area contributed by atoms with E-state index in [1.165, 1.54) is 7.11 Å². The molecule has 6 heteroatoms. The van der Waals surface area contributed by atoms with Gasteiger partial charge in [-0.2, -0.15) is 0 Å². The molecule has 0 aliphatic rings. The van der Waals surface area contributed by atoms with Crippen LogP contribution < -0.4 is 5.32 Å². The summed E-state index contributed by atoms with van der Waals surface area (Å²) in [5.41, 5.74) is 1.78. The largest absolute Gasteiger partial charge is 0.508 e. The lowest BCUT2D eigenvalue weighted by molar-refractivity contribution is -0.148. The van der Waals surface area contributed by atoms with Gasteiger partial charge in [-0.15, -0.1) is 0 Å². The second-order valence-corrected chi connectivity index (χ2v) is 7.76. The Kier molecular flexibility index (Phi) is 9.51. The molecule has 0 spiro atoms. The maximum Gasteiger partial charge on any atom is 0.323 e. The summed E-state index contributed by atoms with van der Waals surface area (Å²) >= 11 is 0. The zero-order chi connectivity index (χ0) is 21.9. The van der Waals surface area contributed by atoms with Crippen molar-refractivity contribution >= 4 is 11.8 Å². The highest BCUT2D eigenvalue weighted by molar-refractivity contribution is 5.86. The van der Waals surface area contributed by atoms with E-state index in [2.05, 4.69) is 5.32 Å². The minimum Gasteiger partial charge on any atom is -0.508 e. The number of nitrogens with one attached hydrogen (secondary N) is 1. The van der Waals surface area contributed by atoms with Crippen LogP contribution in [-0.2, 0) is 32.1 Å². The number of esters is 1. The first-order chi connectivity index (χ1) is 14.4. The highest BCUT2D eigenvalue weighted by atomic mass is 16.5. The van der Waals surface area contributed by atoms with Crippen LogP contribution in [0.15, 0.2) is 54.6 Å². The van der Waals surface area contributed by atoms with Gasteiger partial charge in [-0.1, -0.05) is 56.3 Å². The predicted octanol–water partition coefficient (Wildman–Crippen LogP) is 3.27. The third-order valence-electron chi connectivity index (χ3n) is 4.67. The lowest BCUT2D eigenvalue weighted by Gasteiger charge is -2.25. The lowest BCUT2D eigenvalue weighted by atomic mass is 9.98. The van der Waals surface area contributed by atoms with E-state index < -0.39 is 12.1 Å². The van der Waals surface area contributed by atoms with E-state index in [1.54, 1.807) is 24.3 Å². The Morgan fingerprint density at radius 2 is 1.63 bits per heavy atom. The molecule has 30 heavy (non-hydrogen) atoms. The summed E-state index contributed by atoms with van der Waals surface area (Å²) in [6.07, 6.45) is 0.920. The molecule has 2 atom stereocenters. The molecule has 2 aromatic rings. The van der Waals surface area contributed by atoms with E-state index in [0.717, 1.165) is 11.1 Å². The average Bonchev–Trinajstić information content (AvgIpc) is 2.73. The number of Topliss-reactive ketones (excluding diaryl/α,β-unsaturated/α-hetero) is 1. The third kappa shape index (κ3) is 7.97. The molecule has 0 amide bonds. The Bertz CT molecular complexity index is 789. The normalized spacial score (nSPS) is 13.1. The SMILES string of the molecule is COCC(=O)[C@H](Cc1ccc(O)cc1)NC(CC(C)C)C(=O)OCc1ccccc1. The molecule has 6 nitrogen and oxygen atoms in total. The number of ether oxygens (including phenoxy) is 2. The highest BCUT2D eigenvalue weighted by Gasteiger charge is 2.28. The fraction of sp³-hybridized carbons (Fsp3) is 0.417. The van der Waals surface area contributed by atoms with Gasteiger partial charge in [-0.05, 0) is 42.0 Å². The van der Waals surface area contributed by atoms with Crippen LogP contribution in [0.1, 0.15) is 31.4 Å². The number of hydrogen-bond donors (Lipinski definition) is 2. The topological polar surface area (TPSA) is 84.9 Å². The number of methoxy groups -OCH3 is 1. The molecule has 0 bridgehead atoms. The standard InChI is InChI=1S/C24H31NO5/c1-17(2)13-22(24(28)30-15-19-7-5-4-6-8-19)25-21(23(27)16-29-3)14-18-9-11-20(26)12-10-18/h4-12,17,21-22,25-26H,13-16H2,1-3H3/t21-,22?/m0/s1. The van der Waals surface area contributed by atoms with Gasteiger partial charge in [0.1, 0.15) is 25.0 Å². The summed E-state index contributed by atoms with van der Waals surface area (Å²) < 4.78 is 10.5. The van der Waals surface area contributed by atoms with E-state index >= 15 is 0 Å². The molecule has 0 aromatic heterocycles. The molecule has 0 aliphatic heterocycles. The molecule has 0 saturated heterocycles. The molecule has 2 aromatic carbocycles. The van der Waals surface area contributed by atoms with E-state index in [9.17, 15) is 14.7 Å². The minimum absolute atomic E-state index is 0.0524. The molecule has 0 heterocycles. The molecule has 0 fully saturated rings.